The Bertz CT molecular complexity index is 532. The van der Waals surface area contributed by atoms with Crippen LogP contribution in [0.25, 0.3) is 5.69 Å². The number of halogens is 1. The second kappa shape index (κ2) is 5.01. The first-order chi connectivity index (χ1) is 7.58. The van der Waals surface area contributed by atoms with E-state index in [-0.39, 0.29) is 18.0 Å². The Morgan fingerprint density at radius 1 is 1.24 bits per heavy atom. The minimum atomic E-state index is -0.917. The van der Waals surface area contributed by atoms with Crippen molar-refractivity contribution in [2.24, 2.45) is 0 Å². The second-order valence-electron chi connectivity index (χ2n) is 3.69. The summed E-state index contributed by atoms with van der Waals surface area (Å²) in [6, 6.07) is 8.64. The van der Waals surface area contributed by atoms with Crippen LogP contribution in [-0.4, -0.2) is 20.9 Å². The number of carboxylic acids is 1. The third kappa shape index (κ3) is 2.65. The van der Waals surface area contributed by atoms with Gasteiger partial charge >= 0.3 is 5.97 Å². The lowest BCUT2D eigenvalue weighted by atomic mass is 10.2. The summed E-state index contributed by atoms with van der Waals surface area (Å²) in [7, 11) is 0. The van der Waals surface area contributed by atoms with Crippen molar-refractivity contribution < 1.29 is 9.90 Å². The maximum atomic E-state index is 10.7. The number of benzene rings is 1. The van der Waals surface area contributed by atoms with Crippen LogP contribution < -0.4 is 0 Å². The zero-order chi connectivity index (χ0) is 11.7. The molecule has 0 aliphatic heterocycles. The first-order valence-electron chi connectivity index (χ1n) is 4.95. The molecule has 0 aliphatic carbocycles. The van der Waals surface area contributed by atoms with Crippen molar-refractivity contribution in [1.29, 1.82) is 0 Å². The minimum Gasteiger partial charge on any atom is -0.478 e. The van der Waals surface area contributed by atoms with Crippen molar-refractivity contribution in [2.45, 2.75) is 13.8 Å². The van der Waals surface area contributed by atoms with E-state index in [9.17, 15) is 4.79 Å². The summed E-state index contributed by atoms with van der Waals surface area (Å²) in [5.74, 6) is -0.917. The molecule has 0 atom stereocenters. The molecule has 0 radical (unpaired) electrons. The van der Waals surface area contributed by atoms with Crippen LogP contribution in [0.1, 0.15) is 21.7 Å². The molecule has 0 saturated carbocycles. The Kier molecular flexibility index (Phi) is 3.91. The monoisotopic (exact) mass is 252 g/mol. The highest BCUT2D eigenvalue weighted by atomic mass is 35.5. The summed E-state index contributed by atoms with van der Waals surface area (Å²) >= 11 is 0. The first kappa shape index (κ1) is 13.3. The van der Waals surface area contributed by atoms with Gasteiger partial charge in [-0.05, 0) is 44.2 Å². The van der Waals surface area contributed by atoms with E-state index in [1.54, 1.807) is 28.9 Å². The molecule has 0 spiro atoms. The summed E-state index contributed by atoms with van der Waals surface area (Å²) in [5.41, 5.74) is 3.13. The van der Waals surface area contributed by atoms with E-state index in [4.69, 9.17) is 5.11 Å². The zero-order valence-electron chi connectivity index (χ0n) is 9.54. The Balaban J connectivity index is 0.00000144. The summed E-state index contributed by atoms with van der Waals surface area (Å²) in [4.78, 5) is 10.7. The maximum Gasteiger partial charge on any atom is 0.335 e. The molecule has 2 rings (SSSR count). The Hall–Kier alpha value is -1.81. The van der Waals surface area contributed by atoms with E-state index in [0.29, 0.717) is 0 Å². The molecule has 90 valence electrons. The van der Waals surface area contributed by atoms with Gasteiger partial charge in [-0.2, -0.15) is 5.10 Å². The van der Waals surface area contributed by atoms with Crippen molar-refractivity contribution >= 4 is 18.4 Å². The minimum absolute atomic E-state index is 0. The molecule has 1 aromatic carbocycles. The van der Waals surface area contributed by atoms with E-state index in [1.165, 1.54) is 0 Å². The average Bonchev–Trinajstić information content (AvgIpc) is 2.58. The molecular formula is C12H13ClN2O2. The number of hydrogen-bond acceptors (Lipinski definition) is 2. The van der Waals surface area contributed by atoms with Crippen LogP contribution in [0, 0.1) is 13.8 Å². The fraction of sp³-hybridized carbons (Fsp3) is 0.167. The molecule has 4 nitrogen and oxygen atoms in total. The lowest BCUT2D eigenvalue weighted by Crippen LogP contribution is -2.01. The SMILES string of the molecule is Cc1cc(C)n(-c2ccc(C(=O)O)cc2)n1.Cl. The predicted octanol–water partition coefficient (Wildman–Crippen LogP) is 2.61. The molecule has 0 bridgehead atoms. The summed E-state index contributed by atoms with van der Waals surface area (Å²) in [6.07, 6.45) is 0. The van der Waals surface area contributed by atoms with Gasteiger partial charge < -0.3 is 5.11 Å². The predicted molar refractivity (Wildman–Crippen MR) is 67.2 cm³/mol. The number of aromatic carboxylic acids is 1. The summed E-state index contributed by atoms with van der Waals surface area (Å²) in [5, 5.41) is 13.1. The van der Waals surface area contributed by atoms with Crippen molar-refractivity contribution in [3.05, 3.63) is 47.3 Å². The summed E-state index contributed by atoms with van der Waals surface area (Å²) in [6.45, 7) is 3.89. The highest BCUT2D eigenvalue weighted by Gasteiger charge is 2.05. The standard InChI is InChI=1S/C12H12N2O2.ClH/c1-8-7-9(2)14(13-8)11-5-3-10(4-6-11)12(15)16;/h3-7H,1-2H3,(H,15,16);1H. The van der Waals surface area contributed by atoms with Crippen molar-refractivity contribution in [2.75, 3.05) is 0 Å². The van der Waals surface area contributed by atoms with Crippen LogP contribution in [0.5, 0.6) is 0 Å². The number of aromatic nitrogens is 2. The summed E-state index contributed by atoms with van der Waals surface area (Å²) < 4.78 is 1.79. The van der Waals surface area contributed by atoms with E-state index < -0.39 is 5.97 Å². The van der Waals surface area contributed by atoms with Crippen LogP contribution in [0.3, 0.4) is 0 Å². The van der Waals surface area contributed by atoms with Gasteiger partial charge in [0.2, 0.25) is 0 Å². The lowest BCUT2D eigenvalue weighted by Gasteiger charge is -2.04. The van der Waals surface area contributed by atoms with Gasteiger partial charge in [0.25, 0.3) is 0 Å². The molecule has 17 heavy (non-hydrogen) atoms. The topological polar surface area (TPSA) is 55.1 Å². The van der Waals surface area contributed by atoms with Gasteiger partial charge in [-0.1, -0.05) is 0 Å². The number of hydrogen-bond donors (Lipinski definition) is 1. The Morgan fingerprint density at radius 3 is 2.24 bits per heavy atom. The third-order valence-corrected chi connectivity index (χ3v) is 2.37. The highest BCUT2D eigenvalue weighted by molar-refractivity contribution is 5.87. The van der Waals surface area contributed by atoms with Crippen LogP contribution >= 0.6 is 12.4 Å². The lowest BCUT2D eigenvalue weighted by molar-refractivity contribution is 0.0697. The molecule has 1 heterocycles. The van der Waals surface area contributed by atoms with Crippen molar-refractivity contribution in [3.8, 4) is 5.69 Å². The number of nitrogens with zero attached hydrogens (tertiary/aromatic N) is 2. The van der Waals surface area contributed by atoms with E-state index >= 15 is 0 Å². The number of carbonyl (C=O) groups is 1. The zero-order valence-corrected chi connectivity index (χ0v) is 10.4. The smallest absolute Gasteiger partial charge is 0.335 e. The molecule has 1 aromatic heterocycles. The quantitative estimate of drug-likeness (QED) is 0.894. The molecule has 0 fully saturated rings. The Labute approximate surface area is 105 Å². The molecule has 1 N–H and O–H groups in total. The Morgan fingerprint density at radius 2 is 1.82 bits per heavy atom. The van der Waals surface area contributed by atoms with Gasteiger partial charge in [0.1, 0.15) is 0 Å². The number of aryl methyl sites for hydroxylation is 2. The molecule has 5 heteroatoms. The molecule has 2 aromatic rings. The molecule has 0 aliphatic rings. The fourth-order valence-corrected chi connectivity index (χ4v) is 1.64. The van der Waals surface area contributed by atoms with Crippen molar-refractivity contribution in [1.82, 2.24) is 9.78 Å². The van der Waals surface area contributed by atoms with Gasteiger partial charge in [-0.15, -0.1) is 12.4 Å². The third-order valence-electron chi connectivity index (χ3n) is 2.37. The molecule has 0 amide bonds. The maximum absolute atomic E-state index is 10.7. The van der Waals surface area contributed by atoms with E-state index in [2.05, 4.69) is 5.10 Å². The largest absolute Gasteiger partial charge is 0.478 e. The van der Waals surface area contributed by atoms with Gasteiger partial charge in [-0.3, -0.25) is 0 Å². The van der Waals surface area contributed by atoms with Crippen LogP contribution in [0.4, 0.5) is 0 Å². The van der Waals surface area contributed by atoms with Crippen LogP contribution in [0.2, 0.25) is 0 Å². The van der Waals surface area contributed by atoms with E-state index in [1.807, 2.05) is 19.9 Å². The van der Waals surface area contributed by atoms with Gasteiger partial charge in [0, 0.05) is 5.69 Å². The van der Waals surface area contributed by atoms with Crippen molar-refractivity contribution in [3.63, 3.8) is 0 Å². The molecule has 0 unspecified atom stereocenters. The molecule has 0 saturated heterocycles. The van der Waals surface area contributed by atoms with Crippen LogP contribution in [0.15, 0.2) is 30.3 Å². The first-order valence-corrected chi connectivity index (χ1v) is 4.95. The highest BCUT2D eigenvalue weighted by Crippen LogP contribution is 2.12. The normalized spacial score (nSPS) is 9.76. The van der Waals surface area contributed by atoms with Crippen LogP contribution in [-0.2, 0) is 0 Å². The van der Waals surface area contributed by atoms with Gasteiger partial charge in [0.05, 0.1) is 16.9 Å². The number of rotatable bonds is 2. The molecular weight excluding hydrogens is 240 g/mol. The van der Waals surface area contributed by atoms with Gasteiger partial charge in [0.15, 0.2) is 0 Å². The number of carboxylic acid groups (broad SMARTS) is 1. The fourth-order valence-electron chi connectivity index (χ4n) is 1.64. The average molecular weight is 253 g/mol. The van der Waals surface area contributed by atoms with E-state index in [0.717, 1.165) is 17.1 Å². The van der Waals surface area contributed by atoms with Gasteiger partial charge in [-0.25, -0.2) is 9.48 Å². The second-order valence-corrected chi connectivity index (χ2v) is 3.69.